The van der Waals surface area contributed by atoms with Gasteiger partial charge in [-0.05, 0) is 46.9 Å². The molecule has 0 saturated heterocycles. The summed E-state index contributed by atoms with van der Waals surface area (Å²) in [5.74, 6) is 1.98. The molecule has 5 rings (SSSR count). The largest absolute Gasteiger partial charge is 0.455 e. The lowest BCUT2D eigenvalue weighted by Gasteiger charge is -2.26. The lowest BCUT2D eigenvalue weighted by atomic mass is 9.86. The van der Waals surface area contributed by atoms with Gasteiger partial charge < -0.3 is 9.47 Å². The third kappa shape index (κ3) is 4.03. The number of hydrogen-bond acceptors (Lipinski definition) is 5. The van der Waals surface area contributed by atoms with Crippen LogP contribution in [0.15, 0.2) is 91.1 Å². The summed E-state index contributed by atoms with van der Waals surface area (Å²) in [6, 6.07) is 28.2. The van der Waals surface area contributed by atoms with Crippen molar-refractivity contribution in [3.05, 3.63) is 96.7 Å². The fourth-order valence-electron chi connectivity index (χ4n) is 4.13. The molecule has 2 N–H and O–H groups in total. The maximum Gasteiger partial charge on any atom is 0.243 e. The summed E-state index contributed by atoms with van der Waals surface area (Å²) in [5, 5.41) is 0. The van der Waals surface area contributed by atoms with E-state index in [1.165, 1.54) is 0 Å². The molecule has 0 fully saturated rings. The number of aromatic nitrogens is 1. The Labute approximate surface area is 194 Å². The zero-order valence-corrected chi connectivity index (χ0v) is 19.0. The van der Waals surface area contributed by atoms with Gasteiger partial charge in [0.1, 0.15) is 17.2 Å². The summed E-state index contributed by atoms with van der Waals surface area (Å²) in [7, 11) is 0. The number of pyridine rings is 1. The molecule has 3 aromatic carbocycles. The number of anilines is 2. The van der Waals surface area contributed by atoms with Gasteiger partial charge in [0.15, 0.2) is 0 Å². The number of rotatable bonds is 4. The minimum Gasteiger partial charge on any atom is -0.455 e. The summed E-state index contributed by atoms with van der Waals surface area (Å²) in [6.07, 6.45) is 1.04. The summed E-state index contributed by atoms with van der Waals surface area (Å²) < 4.78 is 12.4. The standard InChI is InChI=1S/C28H27N3O2/c1-28(2,3)21-12-7-8-14-24(21)32-26-22(13-9-17-30-26)31-23-18-20(19-10-5-4-6-11-19)15-16-25(23)33-27(31)29/h4-18,27H,29H2,1-3H3. The van der Waals surface area contributed by atoms with Crippen molar-refractivity contribution in [3.8, 4) is 28.5 Å². The molecule has 4 aromatic rings. The normalized spacial score (nSPS) is 15.2. The molecule has 2 heterocycles. The number of nitrogens with two attached hydrogens (primary N) is 1. The predicted molar refractivity (Wildman–Crippen MR) is 132 cm³/mol. The molecule has 1 unspecified atom stereocenters. The highest BCUT2D eigenvalue weighted by atomic mass is 16.5. The number of ether oxygens (including phenoxy) is 2. The number of para-hydroxylation sites is 1. The van der Waals surface area contributed by atoms with E-state index in [1.54, 1.807) is 6.20 Å². The van der Waals surface area contributed by atoms with E-state index in [-0.39, 0.29) is 5.41 Å². The summed E-state index contributed by atoms with van der Waals surface area (Å²) in [4.78, 5) is 6.49. The molecule has 1 aliphatic heterocycles. The monoisotopic (exact) mass is 437 g/mol. The minimum atomic E-state index is -0.685. The van der Waals surface area contributed by atoms with Gasteiger partial charge in [-0.15, -0.1) is 0 Å². The number of benzene rings is 3. The Bertz CT molecular complexity index is 1280. The van der Waals surface area contributed by atoms with Crippen molar-refractivity contribution in [1.29, 1.82) is 0 Å². The summed E-state index contributed by atoms with van der Waals surface area (Å²) in [5.41, 5.74) is 11.3. The highest BCUT2D eigenvalue weighted by Crippen LogP contribution is 2.46. The van der Waals surface area contributed by atoms with Crippen molar-refractivity contribution in [2.45, 2.75) is 32.5 Å². The Balaban J connectivity index is 1.57. The first-order valence-electron chi connectivity index (χ1n) is 11.1. The smallest absolute Gasteiger partial charge is 0.243 e. The van der Waals surface area contributed by atoms with Crippen LogP contribution in [-0.2, 0) is 5.41 Å². The highest BCUT2D eigenvalue weighted by Gasteiger charge is 2.32. The molecule has 5 heteroatoms. The second-order valence-corrected chi connectivity index (χ2v) is 9.10. The van der Waals surface area contributed by atoms with Crippen LogP contribution in [0.3, 0.4) is 0 Å². The van der Waals surface area contributed by atoms with Crippen LogP contribution < -0.4 is 20.1 Å². The van der Waals surface area contributed by atoms with Crippen LogP contribution in [0.2, 0.25) is 0 Å². The zero-order chi connectivity index (χ0) is 23.0. The van der Waals surface area contributed by atoms with Crippen molar-refractivity contribution in [2.24, 2.45) is 5.73 Å². The zero-order valence-electron chi connectivity index (χ0n) is 19.0. The second kappa shape index (κ2) is 8.26. The molecular formula is C28H27N3O2. The maximum atomic E-state index is 6.43. The molecule has 0 amide bonds. The van der Waals surface area contributed by atoms with E-state index in [9.17, 15) is 0 Å². The van der Waals surface area contributed by atoms with E-state index in [2.05, 4.69) is 50.0 Å². The van der Waals surface area contributed by atoms with E-state index < -0.39 is 6.35 Å². The van der Waals surface area contributed by atoms with Gasteiger partial charge >= 0.3 is 0 Å². The molecule has 1 aliphatic rings. The average molecular weight is 438 g/mol. The van der Waals surface area contributed by atoms with Crippen molar-refractivity contribution in [2.75, 3.05) is 4.90 Å². The lowest BCUT2D eigenvalue weighted by molar-refractivity contribution is 0.242. The molecule has 0 aliphatic carbocycles. The fraction of sp³-hybridized carbons (Fsp3) is 0.179. The van der Waals surface area contributed by atoms with Gasteiger partial charge in [0.05, 0.1) is 5.69 Å². The van der Waals surface area contributed by atoms with Gasteiger partial charge in [-0.1, -0.05) is 75.4 Å². The Hall–Kier alpha value is -3.83. The SMILES string of the molecule is CC(C)(C)c1ccccc1Oc1ncccc1N1c2cc(-c3ccccc3)ccc2OC1N. The highest BCUT2D eigenvalue weighted by molar-refractivity contribution is 5.80. The molecule has 5 nitrogen and oxygen atoms in total. The van der Waals surface area contributed by atoms with Crippen LogP contribution in [0.25, 0.3) is 11.1 Å². The Morgan fingerprint density at radius 3 is 2.39 bits per heavy atom. The van der Waals surface area contributed by atoms with Crippen LogP contribution in [0.5, 0.6) is 17.4 Å². The average Bonchev–Trinajstić information content (AvgIpc) is 3.14. The van der Waals surface area contributed by atoms with Crippen LogP contribution in [0.4, 0.5) is 11.4 Å². The number of fused-ring (bicyclic) bond motifs is 1. The van der Waals surface area contributed by atoms with Gasteiger partial charge in [0.25, 0.3) is 0 Å². The van der Waals surface area contributed by atoms with Crippen LogP contribution in [0.1, 0.15) is 26.3 Å². The first-order chi connectivity index (χ1) is 15.9. The van der Waals surface area contributed by atoms with Crippen LogP contribution >= 0.6 is 0 Å². The fourth-order valence-corrected chi connectivity index (χ4v) is 4.13. The second-order valence-electron chi connectivity index (χ2n) is 9.10. The third-order valence-corrected chi connectivity index (χ3v) is 5.74. The maximum absolute atomic E-state index is 6.43. The van der Waals surface area contributed by atoms with Gasteiger partial charge in [-0.3, -0.25) is 10.6 Å². The van der Waals surface area contributed by atoms with Crippen molar-refractivity contribution in [1.82, 2.24) is 4.98 Å². The molecule has 0 radical (unpaired) electrons. The van der Waals surface area contributed by atoms with E-state index in [0.717, 1.165) is 39.6 Å². The number of hydrogen-bond donors (Lipinski definition) is 1. The van der Waals surface area contributed by atoms with Crippen molar-refractivity contribution < 1.29 is 9.47 Å². The van der Waals surface area contributed by atoms with Crippen LogP contribution in [-0.4, -0.2) is 11.3 Å². The molecule has 33 heavy (non-hydrogen) atoms. The van der Waals surface area contributed by atoms with Crippen LogP contribution in [0, 0.1) is 0 Å². The predicted octanol–water partition coefficient (Wildman–Crippen LogP) is 6.61. The Morgan fingerprint density at radius 1 is 0.848 bits per heavy atom. The molecule has 1 atom stereocenters. The van der Waals surface area contributed by atoms with Gasteiger partial charge in [-0.2, -0.15) is 0 Å². The van der Waals surface area contributed by atoms with E-state index in [1.807, 2.05) is 65.6 Å². The molecule has 0 spiro atoms. The minimum absolute atomic E-state index is 0.0735. The molecular weight excluding hydrogens is 410 g/mol. The molecule has 0 bridgehead atoms. The molecule has 166 valence electrons. The van der Waals surface area contributed by atoms with Gasteiger partial charge in [0, 0.05) is 11.8 Å². The topological polar surface area (TPSA) is 60.6 Å². The summed E-state index contributed by atoms with van der Waals surface area (Å²) in [6.45, 7) is 6.50. The Morgan fingerprint density at radius 2 is 1.61 bits per heavy atom. The molecule has 1 aromatic heterocycles. The van der Waals surface area contributed by atoms with Gasteiger partial charge in [0.2, 0.25) is 12.2 Å². The number of nitrogens with zero attached hydrogens (tertiary/aromatic N) is 2. The third-order valence-electron chi connectivity index (χ3n) is 5.74. The lowest BCUT2D eigenvalue weighted by Crippen LogP contribution is -2.39. The van der Waals surface area contributed by atoms with Crippen molar-refractivity contribution in [3.63, 3.8) is 0 Å². The van der Waals surface area contributed by atoms with E-state index in [4.69, 9.17) is 15.2 Å². The van der Waals surface area contributed by atoms with E-state index >= 15 is 0 Å². The first-order valence-corrected chi connectivity index (χ1v) is 11.1. The van der Waals surface area contributed by atoms with Crippen molar-refractivity contribution >= 4 is 11.4 Å². The van der Waals surface area contributed by atoms with E-state index in [0.29, 0.717) is 5.88 Å². The van der Waals surface area contributed by atoms with Gasteiger partial charge in [-0.25, -0.2) is 4.98 Å². The first kappa shape index (κ1) is 21.0. The Kier molecular flexibility index (Phi) is 5.27. The summed E-state index contributed by atoms with van der Waals surface area (Å²) >= 11 is 0. The molecule has 0 saturated carbocycles. The quantitative estimate of drug-likeness (QED) is 0.389.